The smallest absolute Gasteiger partial charge is 0.270 e. The zero-order chi connectivity index (χ0) is 25.2. The van der Waals surface area contributed by atoms with E-state index >= 15 is 0 Å². The summed E-state index contributed by atoms with van der Waals surface area (Å²) in [7, 11) is 1.59. The number of amides is 2. The van der Waals surface area contributed by atoms with Crippen LogP contribution in [0.25, 0.3) is 16.8 Å². The Morgan fingerprint density at radius 3 is 2.58 bits per heavy atom. The van der Waals surface area contributed by atoms with E-state index in [1.54, 1.807) is 37.5 Å². The maximum absolute atomic E-state index is 13.4. The van der Waals surface area contributed by atoms with Gasteiger partial charge in [0.05, 0.1) is 17.7 Å². The molecule has 5 nitrogen and oxygen atoms in total. The standard InChI is InChI=1S/C28H19FN2O3S2/c1-34-24-14-9-17-5-2-3-8-22(17)23(24)16-25-27(33)31(28(35)36-25)21-7-4-6-18(15-21)26(32)30-20-12-10-19(29)11-13-20/h2-16H,1H3,(H,30,32)/b25-16+. The van der Waals surface area contributed by atoms with Crippen LogP contribution in [-0.2, 0) is 4.79 Å². The summed E-state index contributed by atoms with van der Waals surface area (Å²) in [6, 6.07) is 23.9. The number of halogens is 1. The number of anilines is 2. The predicted molar refractivity (Wildman–Crippen MR) is 147 cm³/mol. The van der Waals surface area contributed by atoms with Gasteiger partial charge in [0, 0.05) is 16.8 Å². The fourth-order valence-corrected chi connectivity index (χ4v) is 5.23. The zero-order valence-electron chi connectivity index (χ0n) is 19.0. The number of fused-ring (bicyclic) bond motifs is 1. The lowest BCUT2D eigenvalue weighted by atomic mass is 10.0. The number of carbonyl (C=O) groups is 2. The fourth-order valence-electron chi connectivity index (χ4n) is 3.95. The van der Waals surface area contributed by atoms with Crippen molar-refractivity contribution in [3.05, 3.63) is 107 Å². The minimum absolute atomic E-state index is 0.281. The molecule has 0 aliphatic carbocycles. The zero-order valence-corrected chi connectivity index (χ0v) is 20.7. The maximum atomic E-state index is 13.4. The molecule has 178 valence electrons. The number of benzene rings is 4. The van der Waals surface area contributed by atoms with Gasteiger partial charge in [-0.15, -0.1) is 0 Å². The lowest BCUT2D eigenvalue weighted by Crippen LogP contribution is -2.27. The molecule has 8 heteroatoms. The second kappa shape index (κ2) is 9.93. The van der Waals surface area contributed by atoms with E-state index < -0.39 is 5.82 Å². The molecule has 0 spiro atoms. The van der Waals surface area contributed by atoms with Crippen molar-refractivity contribution >= 4 is 68.3 Å². The van der Waals surface area contributed by atoms with Crippen LogP contribution in [-0.4, -0.2) is 23.2 Å². The Bertz CT molecular complexity index is 1550. The van der Waals surface area contributed by atoms with Gasteiger partial charge in [-0.1, -0.05) is 60.4 Å². The Morgan fingerprint density at radius 2 is 1.81 bits per heavy atom. The molecule has 4 aromatic rings. The molecule has 1 aliphatic heterocycles. The summed E-state index contributed by atoms with van der Waals surface area (Å²) in [5, 5.41) is 4.71. The number of nitrogens with zero attached hydrogens (tertiary/aromatic N) is 1. The molecule has 0 bridgehead atoms. The number of nitrogens with one attached hydrogen (secondary N) is 1. The van der Waals surface area contributed by atoms with E-state index in [1.807, 2.05) is 36.4 Å². The summed E-state index contributed by atoms with van der Waals surface area (Å²) < 4.78 is 19.1. The number of hydrogen-bond acceptors (Lipinski definition) is 5. The van der Waals surface area contributed by atoms with Crippen LogP contribution in [0.3, 0.4) is 0 Å². The second-order valence-electron chi connectivity index (χ2n) is 7.93. The summed E-state index contributed by atoms with van der Waals surface area (Å²) in [6.45, 7) is 0. The number of hydrogen-bond donors (Lipinski definition) is 1. The number of thioether (sulfide) groups is 1. The van der Waals surface area contributed by atoms with E-state index in [0.29, 0.717) is 31.9 Å². The average molecular weight is 515 g/mol. The highest BCUT2D eigenvalue weighted by molar-refractivity contribution is 8.27. The third kappa shape index (κ3) is 4.60. The molecule has 2 amide bonds. The summed E-state index contributed by atoms with van der Waals surface area (Å²) in [4.78, 5) is 28.1. The Hall–Kier alpha value is -4.01. The molecule has 1 aliphatic rings. The van der Waals surface area contributed by atoms with Crippen molar-refractivity contribution in [1.29, 1.82) is 0 Å². The minimum atomic E-state index is -0.390. The second-order valence-corrected chi connectivity index (χ2v) is 9.61. The maximum Gasteiger partial charge on any atom is 0.270 e. The lowest BCUT2D eigenvalue weighted by molar-refractivity contribution is -0.113. The Morgan fingerprint density at radius 1 is 1.03 bits per heavy atom. The Kier molecular flexibility index (Phi) is 6.54. The third-order valence-corrected chi connectivity index (χ3v) is 6.99. The van der Waals surface area contributed by atoms with E-state index in [4.69, 9.17) is 17.0 Å². The molecule has 4 aromatic carbocycles. The van der Waals surface area contributed by atoms with Crippen molar-refractivity contribution in [2.45, 2.75) is 0 Å². The van der Waals surface area contributed by atoms with Gasteiger partial charge in [-0.3, -0.25) is 14.5 Å². The quantitative estimate of drug-likeness (QED) is 0.239. The monoisotopic (exact) mass is 514 g/mol. The van der Waals surface area contributed by atoms with Crippen LogP contribution in [0.4, 0.5) is 15.8 Å². The highest BCUT2D eigenvalue weighted by Crippen LogP contribution is 2.39. The first-order valence-electron chi connectivity index (χ1n) is 11.0. The number of methoxy groups -OCH3 is 1. The first kappa shape index (κ1) is 23.7. The van der Waals surface area contributed by atoms with Gasteiger partial charge in [0.2, 0.25) is 0 Å². The molecule has 0 saturated carbocycles. The SMILES string of the molecule is COc1ccc2ccccc2c1/C=C1/SC(=S)N(c2cccc(C(=O)Nc3ccc(F)cc3)c2)C1=O. The molecule has 1 N–H and O–H groups in total. The fraction of sp³-hybridized carbons (Fsp3) is 0.0357. The molecule has 1 heterocycles. The van der Waals surface area contributed by atoms with E-state index in [-0.39, 0.29) is 11.8 Å². The van der Waals surface area contributed by atoms with Crippen molar-refractivity contribution in [2.75, 3.05) is 17.3 Å². The topological polar surface area (TPSA) is 58.6 Å². The van der Waals surface area contributed by atoms with Crippen molar-refractivity contribution in [3.8, 4) is 5.75 Å². The summed E-state index contributed by atoms with van der Waals surface area (Å²) in [5.41, 5.74) is 2.08. The Labute approximate surface area is 216 Å². The number of ether oxygens (including phenoxy) is 1. The third-order valence-electron chi connectivity index (χ3n) is 5.69. The van der Waals surface area contributed by atoms with Gasteiger partial charge >= 0.3 is 0 Å². The number of carbonyl (C=O) groups excluding carboxylic acids is 2. The van der Waals surface area contributed by atoms with Gasteiger partial charge in [-0.05, 0) is 65.4 Å². The van der Waals surface area contributed by atoms with Crippen LogP contribution in [0.2, 0.25) is 0 Å². The Balaban J connectivity index is 1.45. The van der Waals surface area contributed by atoms with E-state index in [0.717, 1.165) is 16.3 Å². The normalized spacial score (nSPS) is 14.5. The number of thiocarbonyl (C=S) groups is 1. The highest BCUT2D eigenvalue weighted by atomic mass is 32.2. The van der Waals surface area contributed by atoms with Crippen molar-refractivity contribution < 1.29 is 18.7 Å². The van der Waals surface area contributed by atoms with Gasteiger partial charge in [0.15, 0.2) is 4.32 Å². The van der Waals surface area contributed by atoms with Gasteiger partial charge in [0.1, 0.15) is 11.6 Å². The van der Waals surface area contributed by atoms with E-state index in [2.05, 4.69) is 5.32 Å². The van der Waals surface area contributed by atoms with Crippen LogP contribution in [0, 0.1) is 5.82 Å². The van der Waals surface area contributed by atoms with Crippen molar-refractivity contribution in [2.24, 2.45) is 0 Å². The average Bonchev–Trinajstić information content (AvgIpc) is 3.18. The molecule has 0 unspecified atom stereocenters. The summed E-state index contributed by atoms with van der Waals surface area (Å²) in [6.07, 6.45) is 1.80. The summed E-state index contributed by atoms with van der Waals surface area (Å²) in [5.74, 6) is -0.405. The van der Waals surface area contributed by atoms with Crippen LogP contribution >= 0.6 is 24.0 Å². The molecule has 5 rings (SSSR count). The van der Waals surface area contributed by atoms with Gasteiger partial charge in [-0.25, -0.2) is 4.39 Å². The van der Waals surface area contributed by atoms with E-state index in [9.17, 15) is 14.0 Å². The predicted octanol–water partition coefficient (Wildman–Crippen LogP) is 6.65. The first-order valence-corrected chi connectivity index (χ1v) is 12.2. The highest BCUT2D eigenvalue weighted by Gasteiger charge is 2.34. The number of rotatable bonds is 5. The molecule has 0 atom stereocenters. The van der Waals surface area contributed by atoms with Crippen LogP contribution in [0.15, 0.2) is 89.8 Å². The molecular weight excluding hydrogens is 495 g/mol. The van der Waals surface area contributed by atoms with Gasteiger partial charge in [-0.2, -0.15) is 0 Å². The molecule has 0 aromatic heterocycles. The van der Waals surface area contributed by atoms with Crippen LogP contribution in [0.1, 0.15) is 15.9 Å². The van der Waals surface area contributed by atoms with Crippen molar-refractivity contribution in [3.63, 3.8) is 0 Å². The molecule has 0 radical (unpaired) electrons. The molecule has 1 saturated heterocycles. The summed E-state index contributed by atoms with van der Waals surface area (Å²) >= 11 is 6.73. The molecule has 1 fully saturated rings. The van der Waals surface area contributed by atoms with Gasteiger partial charge in [0.25, 0.3) is 11.8 Å². The molecular formula is C28H19FN2O3S2. The van der Waals surface area contributed by atoms with Crippen LogP contribution < -0.4 is 15.0 Å². The van der Waals surface area contributed by atoms with Crippen molar-refractivity contribution in [1.82, 2.24) is 0 Å². The van der Waals surface area contributed by atoms with E-state index in [1.165, 1.54) is 40.9 Å². The minimum Gasteiger partial charge on any atom is -0.496 e. The van der Waals surface area contributed by atoms with Gasteiger partial charge < -0.3 is 10.1 Å². The largest absolute Gasteiger partial charge is 0.496 e. The molecule has 36 heavy (non-hydrogen) atoms. The van der Waals surface area contributed by atoms with Crippen LogP contribution in [0.5, 0.6) is 5.75 Å². The first-order chi connectivity index (χ1) is 17.4. The lowest BCUT2D eigenvalue weighted by Gasteiger charge is -2.15.